The molecule has 29 heavy (non-hydrogen) atoms. The van der Waals surface area contributed by atoms with Crippen molar-refractivity contribution in [1.82, 2.24) is 9.55 Å². The van der Waals surface area contributed by atoms with Crippen LogP contribution in [0.1, 0.15) is 26.2 Å². The van der Waals surface area contributed by atoms with Gasteiger partial charge in [-0.1, -0.05) is 5.16 Å². The Labute approximate surface area is 165 Å². The number of nitrogens with zero attached hydrogens (tertiary/aromatic N) is 5. The molecule has 1 saturated carbocycles. The summed E-state index contributed by atoms with van der Waals surface area (Å²) in [6.07, 6.45) is -3.17. The van der Waals surface area contributed by atoms with Crippen LogP contribution in [0.4, 0.5) is 24.9 Å². The highest BCUT2D eigenvalue weighted by Gasteiger charge is 2.48. The van der Waals surface area contributed by atoms with E-state index in [1.807, 2.05) is 11.8 Å². The minimum atomic E-state index is -4.49. The molecule has 0 radical (unpaired) electrons. The zero-order chi connectivity index (χ0) is 20.8. The summed E-state index contributed by atoms with van der Waals surface area (Å²) in [6, 6.07) is -0.461. The lowest BCUT2D eigenvalue weighted by Gasteiger charge is -2.40. The van der Waals surface area contributed by atoms with Crippen molar-refractivity contribution in [2.45, 2.75) is 51.0 Å². The van der Waals surface area contributed by atoms with E-state index in [9.17, 15) is 23.2 Å². The van der Waals surface area contributed by atoms with Crippen LogP contribution in [0.2, 0.25) is 0 Å². The van der Waals surface area contributed by atoms with E-state index in [4.69, 9.17) is 4.74 Å². The second-order valence-electron chi connectivity index (χ2n) is 7.86. The largest absolute Gasteiger partial charge is 0.411 e. The first-order chi connectivity index (χ1) is 13.8. The van der Waals surface area contributed by atoms with Crippen LogP contribution in [0.15, 0.2) is 16.0 Å². The molecular weight excluding hydrogens is 391 g/mol. The maximum Gasteiger partial charge on any atom is 0.408 e. The fourth-order valence-corrected chi connectivity index (χ4v) is 4.03. The van der Waals surface area contributed by atoms with E-state index >= 15 is 0 Å². The zero-order valence-corrected chi connectivity index (χ0v) is 16.1. The number of hydrogen-bond acceptors (Lipinski definition) is 7. The number of alkyl halides is 3. The lowest BCUT2D eigenvalue weighted by atomic mass is 10.1. The summed E-state index contributed by atoms with van der Waals surface area (Å²) in [5.74, 6) is 0.304. The molecule has 3 heterocycles. The summed E-state index contributed by atoms with van der Waals surface area (Å²) in [6.45, 7) is 3.07. The van der Waals surface area contributed by atoms with Gasteiger partial charge in [-0.3, -0.25) is 9.36 Å². The third-order valence-corrected chi connectivity index (χ3v) is 5.78. The Hall–Kier alpha value is -2.30. The van der Waals surface area contributed by atoms with Gasteiger partial charge in [-0.2, -0.15) is 18.2 Å². The second kappa shape index (κ2) is 7.51. The molecule has 160 valence electrons. The topological polar surface area (TPSA) is 83.2 Å². The summed E-state index contributed by atoms with van der Waals surface area (Å²) in [5.41, 5.74) is -0.0877. The zero-order valence-electron chi connectivity index (χ0n) is 16.1. The number of morpholine rings is 1. The standard InChI is InChI=1S/C18H24F3N5O3/c1-11-10-29-7-6-24(11)15-8-16(27)25-5-4-14(18(19,20)21)26(17(25)22-15)9-13(23-28)12-2-3-12/h8,11-12,14,28H,2-7,9-10H2,1H3/b23-13+/t11-,14+/m1/s1. The van der Waals surface area contributed by atoms with Crippen molar-refractivity contribution in [1.29, 1.82) is 0 Å². The molecule has 0 amide bonds. The van der Waals surface area contributed by atoms with Crippen molar-refractivity contribution < 1.29 is 23.1 Å². The summed E-state index contributed by atoms with van der Waals surface area (Å²) in [5, 5.41) is 12.6. The van der Waals surface area contributed by atoms with Crippen molar-refractivity contribution in [3.63, 3.8) is 0 Å². The first-order valence-electron chi connectivity index (χ1n) is 9.80. The van der Waals surface area contributed by atoms with E-state index in [0.717, 1.165) is 17.7 Å². The number of fused-ring (bicyclic) bond motifs is 1. The Morgan fingerprint density at radius 1 is 1.34 bits per heavy atom. The molecule has 11 heteroatoms. The minimum Gasteiger partial charge on any atom is -0.411 e. The molecule has 4 rings (SSSR count). The molecular formula is C18H24F3N5O3. The van der Waals surface area contributed by atoms with Gasteiger partial charge in [0, 0.05) is 25.1 Å². The SMILES string of the molecule is C[C@@H]1COCCN1c1cc(=O)n2c(n1)N(C/C(=N\O)C1CC1)[C@H](C(F)(F)F)CC2. The maximum absolute atomic E-state index is 13.8. The highest BCUT2D eigenvalue weighted by atomic mass is 19.4. The number of rotatable bonds is 4. The number of ether oxygens (including phenoxy) is 1. The smallest absolute Gasteiger partial charge is 0.408 e. The van der Waals surface area contributed by atoms with Crippen LogP contribution in [0.3, 0.4) is 0 Å². The highest BCUT2D eigenvalue weighted by molar-refractivity contribution is 5.92. The van der Waals surface area contributed by atoms with Crippen molar-refractivity contribution in [3.05, 3.63) is 16.4 Å². The number of hydrogen-bond donors (Lipinski definition) is 1. The predicted molar refractivity (Wildman–Crippen MR) is 99.9 cm³/mol. The minimum absolute atomic E-state index is 0.0153. The molecule has 1 saturated heterocycles. The molecule has 1 N–H and O–H groups in total. The van der Waals surface area contributed by atoms with Gasteiger partial charge >= 0.3 is 6.18 Å². The van der Waals surface area contributed by atoms with Crippen molar-refractivity contribution >= 4 is 17.5 Å². The van der Waals surface area contributed by atoms with E-state index in [0.29, 0.717) is 31.3 Å². The van der Waals surface area contributed by atoms with Gasteiger partial charge in [0.1, 0.15) is 11.9 Å². The molecule has 0 spiro atoms. The Morgan fingerprint density at radius 3 is 2.72 bits per heavy atom. The molecule has 2 atom stereocenters. The molecule has 0 aromatic carbocycles. The average Bonchev–Trinajstić information content (AvgIpc) is 3.50. The number of halogens is 3. The van der Waals surface area contributed by atoms with E-state index in [2.05, 4.69) is 10.1 Å². The third-order valence-electron chi connectivity index (χ3n) is 5.78. The molecule has 0 unspecified atom stereocenters. The number of anilines is 2. The lowest BCUT2D eigenvalue weighted by molar-refractivity contribution is -0.152. The summed E-state index contributed by atoms with van der Waals surface area (Å²) in [4.78, 5) is 20.2. The van der Waals surface area contributed by atoms with Gasteiger partial charge in [0.25, 0.3) is 5.56 Å². The van der Waals surface area contributed by atoms with Gasteiger partial charge in [0.2, 0.25) is 5.95 Å². The fraction of sp³-hybridized carbons (Fsp3) is 0.722. The lowest BCUT2D eigenvalue weighted by Crippen LogP contribution is -2.54. The molecule has 0 bridgehead atoms. The number of oxime groups is 1. The maximum atomic E-state index is 13.8. The third kappa shape index (κ3) is 3.92. The Kier molecular flexibility index (Phi) is 5.18. The van der Waals surface area contributed by atoms with Crippen molar-refractivity contribution in [2.75, 3.05) is 36.1 Å². The molecule has 1 aliphatic carbocycles. The Balaban J connectivity index is 1.76. The van der Waals surface area contributed by atoms with Gasteiger partial charge in [-0.25, -0.2) is 0 Å². The Morgan fingerprint density at radius 2 is 2.10 bits per heavy atom. The van der Waals surface area contributed by atoms with Crippen LogP contribution >= 0.6 is 0 Å². The van der Waals surface area contributed by atoms with Crippen LogP contribution in [-0.2, 0) is 11.3 Å². The van der Waals surface area contributed by atoms with E-state index in [1.54, 1.807) is 0 Å². The molecule has 2 aliphatic heterocycles. The summed E-state index contributed by atoms with van der Waals surface area (Å²) >= 11 is 0. The van der Waals surface area contributed by atoms with Crippen LogP contribution < -0.4 is 15.4 Å². The van der Waals surface area contributed by atoms with Crippen molar-refractivity contribution in [3.8, 4) is 0 Å². The van der Waals surface area contributed by atoms with Crippen LogP contribution in [0.5, 0.6) is 0 Å². The van der Waals surface area contributed by atoms with E-state index in [-0.39, 0.29) is 43.0 Å². The van der Waals surface area contributed by atoms with Crippen molar-refractivity contribution in [2.24, 2.45) is 11.1 Å². The van der Waals surface area contributed by atoms with Gasteiger partial charge in [0.15, 0.2) is 0 Å². The summed E-state index contributed by atoms with van der Waals surface area (Å²) in [7, 11) is 0. The molecule has 1 aromatic rings. The molecule has 1 aromatic heterocycles. The van der Waals surface area contributed by atoms with Gasteiger partial charge in [-0.05, 0) is 26.2 Å². The van der Waals surface area contributed by atoms with Crippen LogP contribution in [0, 0.1) is 5.92 Å². The fourth-order valence-electron chi connectivity index (χ4n) is 4.03. The summed E-state index contributed by atoms with van der Waals surface area (Å²) < 4.78 is 48.0. The second-order valence-corrected chi connectivity index (χ2v) is 7.86. The van der Waals surface area contributed by atoms with Gasteiger partial charge in [-0.15, -0.1) is 0 Å². The quantitative estimate of drug-likeness (QED) is 0.459. The Bertz CT molecular complexity index is 852. The normalized spacial score (nSPS) is 25.9. The number of aromatic nitrogens is 2. The highest BCUT2D eigenvalue weighted by Crippen LogP contribution is 2.37. The first kappa shape index (κ1) is 20.0. The van der Waals surface area contributed by atoms with Crippen LogP contribution in [-0.4, -0.2) is 65.0 Å². The monoisotopic (exact) mass is 415 g/mol. The van der Waals surface area contributed by atoms with Gasteiger partial charge in [0.05, 0.1) is 31.5 Å². The molecule has 8 nitrogen and oxygen atoms in total. The first-order valence-corrected chi connectivity index (χ1v) is 9.80. The van der Waals surface area contributed by atoms with Gasteiger partial charge < -0.3 is 19.7 Å². The predicted octanol–water partition coefficient (Wildman–Crippen LogP) is 1.85. The van der Waals surface area contributed by atoms with E-state index in [1.165, 1.54) is 10.6 Å². The molecule has 2 fully saturated rings. The average molecular weight is 415 g/mol. The van der Waals surface area contributed by atoms with Crippen LogP contribution in [0.25, 0.3) is 0 Å². The van der Waals surface area contributed by atoms with E-state index < -0.39 is 12.2 Å². The molecule has 3 aliphatic rings.